The van der Waals surface area contributed by atoms with Crippen LogP contribution in [0.2, 0.25) is 0 Å². The fraction of sp³-hybridized carbons (Fsp3) is 0.227. The van der Waals surface area contributed by atoms with E-state index in [9.17, 15) is 12.8 Å². The van der Waals surface area contributed by atoms with Gasteiger partial charge in [0, 0.05) is 32.4 Å². The van der Waals surface area contributed by atoms with E-state index in [0.29, 0.717) is 39.6 Å². The number of aryl methyl sites for hydroxylation is 2. The Morgan fingerprint density at radius 3 is 2.44 bits per heavy atom. The Labute approximate surface area is 186 Å². The van der Waals surface area contributed by atoms with Crippen LogP contribution in [0, 0.1) is 6.92 Å². The number of allylic oxidation sites excluding steroid dienone is 5. The van der Waals surface area contributed by atoms with Crippen molar-refractivity contribution in [3.63, 3.8) is 0 Å². The van der Waals surface area contributed by atoms with Crippen molar-refractivity contribution in [1.82, 2.24) is 24.1 Å². The molecular weight excluding hydrogens is 431 g/mol. The molecule has 3 aromatic rings. The van der Waals surface area contributed by atoms with E-state index in [2.05, 4.69) is 27.0 Å². The molecule has 0 saturated heterocycles. The molecule has 0 bridgehead atoms. The van der Waals surface area contributed by atoms with E-state index in [1.54, 1.807) is 30.8 Å². The molecule has 8 nitrogen and oxygen atoms in total. The molecule has 10 heteroatoms. The molecule has 32 heavy (non-hydrogen) atoms. The van der Waals surface area contributed by atoms with Gasteiger partial charge in [-0.2, -0.15) is 5.10 Å². The number of hydrogen-bond acceptors (Lipinski definition) is 6. The minimum Gasteiger partial charge on any atom is -0.338 e. The minimum absolute atomic E-state index is 0.183. The van der Waals surface area contributed by atoms with Crippen LogP contribution in [0.5, 0.6) is 0 Å². The molecule has 0 saturated carbocycles. The van der Waals surface area contributed by atoms with Gasteiger partial charge in [0.1, 0.15) is 16.9 Å². The molecule has 2 heterocycles. The van der Waals surface area contributed by atoms with E-state index in [1.807, 2.05) is 6.92 Å². The van der Waals surface area contributed by atoms with Crippen LogP contribution < -0.4 is 5.32 Å². The van der Waals surface area contributed by atoms with E-state index in [1.165, 1.54) is 44.5 Å². The van der Waals surface area contributed by atoms with Gasteiger partial charge in [-0.15, -0.1) is 0 Å². The smallest absolute Gasteiger partial charge is 0.242 e. The summed E-state index contributed by atoms with van der Waals surface area (Å²) in [5, 5.41) is 7.63. The number of hydrogen-bond donors (Lipinski definition) is 1. The first kappa shape index (κ1) is 23.3. The summed E-state index contributed by atoms with van der Waals surface area (Å²) < 4.78 is 40.9. The van der Waals surface area contributed by atoms with Crippen LogP contribution in [0.3, 0.4) is 0 Å². The highest BCUT2D eigenvalue weighted by Gasteiger charge is 2.18. The van der Waals surface area contributed by atoms with E-state index >= 15 is 0 Å². The fourth-order valence-electron chi connectivity index (χ4n) is 2.98. The number of fused-ring (bicyclic) bond motifs is 1. The third kappa shape index (κ3) is 4.61. The third-order valence-electron chi connectivity index (χ3n) is 4.75. The Morgan fingerprint density at radius 2 is 1.84 bits per heavy atom. The first-order valence-corrected chi connectivity index (χ1v) is 11.2. The first-order valence-electron chi connectivity index (χ1n) is 9.74. The zero-order valence-electron chi connectivity index (χ0n) is 18.6. The van der Waals surface area contributed by atoms with Crippen LogP contribution in [-0.4, -0.2) is 46.6 Å². The van der Waals surface area contributed by atoms with Gasteiger partial charge in [0.25, 0.3) is 0 Å². The number of halogens is 1. The number of rotatable bonds is 7. The summed E-state index contributed by atoms with van der Waals surface area (Å²) in [6, 6.07) is 6.35. The lowest BCUT2D eigenvalue weighted by molar-refractivity contribution is 0.521. The SMILES string of the molecule is C=C(/C=C\C(F)=C/C)c1nc(Nc2ccc(S(=O)(=O)N(C)C)cc2)c2c(n1)c(C)nn2C. The Bertz CT molecular complexity index is 1340. The zero-order chi connectivity index (χ0) is 23.6. The van der Waals surface area contributed by atoms with Crippen LogP contribution in [0.15, 0.2) is 59.8 Å². The Hall–Kier alpha value is -3.37. The highest BCUT2D eigenvalue weighted by Crippen LogP contribution is 2.28. The molecule has 0 amide bonds. The van der Waals surface area contributed by atoms with E-state index in [0.717, 1.165) is 4.31 Å². The summed E-state index contributed by atoms with van der Waals surface area (Å²) in [5.74, 6) is 0.399. The molecule has 0 aliphatic carbocycles. The van der Waals surface area contributed by atoms with Crippen molar-refractivity contribution >= 4 is 38.1 Å². The predicted molar refractivity (Wildman–Crippen MR) is 125 cm³/mol. The minimum atomic E-state index is -3.53. The van der Waals surface area contributed by atoms with E-state index in [4.69, 9.17) is 0 Å². The Kier molecular flexibility index (Phi) is 6.56. The quantitative estimate of drug-likeness (QED) is 0.538. The molecule has 0 spiro atoms. The van der Waals surface area contributed by atoms with Gasteiger partial charge in [-0.25, -0.2) is 27.1 Å². The summed E-state index contributed by atoms with van der Waals surface area (Å²) in [6.45, 7) is 7.38. The molecule has 1 N–H and O–H groups in total. The average molecular weight is 457 g/mol. The average Bonchev–Trinajstić information content (AvgIpc) is 3.05. The highest BCUT2D eigenvalue weighted by atomic mass is 32.2. The second kappa shape index (κ2) is 9.01. The Balaban J connectivity index is 2.04. The Morgan fingerprint density at radius 1 is 1.19 bits per heavy atom. The first-order chi connectivity index (χ1) is 15.0. The number of sulfonamides is 1. The highest BCUT2D eigenvalue weighted by molar-refractivity contribution is 7.89. The summed E-state index contributed by atoms with van der Waals surface area (Å²) in [6.07, 6.45) is 4.14. The van der Waals surface area contributed by atoms with Crippen molar-refractivity contribution in [2.45, 2.75) is 18.7 Å². The molecule has 0 unspecified atom stereocenters. The molecule has 0 aliphatic rings. The van der Waals surface area contributed by atoms with Crippen LogP contribution in [0.4, 0.5) is 15.9 Å². The van der Waals surface area contributed by atoms with Crippen LogP contribution >= 0.6 is 0 Å². The lowest BCUT2D eigenvalue weighted by Crippen LogP contribution is -2.22. The van der Waals surface area contributed by atoms with Gasteiger partial charge in [-0.1, -0.05) is 12.7 Å². The second-order valence-corrected chi connectivity index (χ2v) is 9.42. The van der Waals surface area contributed by atoms with E-state index < -0.39 is 15.9 Å². The van der Waals surface area contributed by atoms with Gasteiger partial charge in [-0.05, 0) is 50.3 Å². The molecule has 2 aromatic heterocycles. The lowest BCUT2D eigenvalue weighted by Gasteiger charge is -2.13. The molecular formula is C22H25FN6O2S. The number of aromatic nitrogens is 4. The number of nitrogens with one attached hydrogen (secondary N) is 1. The standard InChI is InChI=1S/C22H25FN6O2S/c1-7-16(23)9-8-14(2)21-25-19-15(3)27-29(6)20(19)22(26-21)24-17-10-12-18(13-11-17)32(30,31)28(4)5/h7-13H,2H2,1,3-6H3,(H,24,25,26)/b9-8-,16-7+. The van der Waals surface area contributed by atoms with Gasteiger partial charge in [0.15, 0.2) is 11.6 Å². The summed E-state index contributed by atoms with van der Waals surface area (Å²) in [5.41, 5.74) is 3.08. The number of nitrogens with zero attached hydrogens (tertiary/aromatic N) is 5. The predicted octanol–water partition coefficient (Wildman–Crippen LogP) is 4.11. The molecule has 0 atom stereocenters. The van der Waals surface area contributed by atoms with Crippen LogP contribution in [-0.2, 0) is 17.1 Å². The monoisotopic (exact) mass is 456 g/mol. The van der Waals surface area contributed by atoms with Gasteiger partial charge in [-0.3, -0.25) is 4.68 Å². The second-order valence-electron chi connectivity index (χ2n) is 7.27. The van der Waals surface area contributed by atoms with Gasteiger partial charge >= 0.3 is 0 Å². The van der Waals surface area contributed by atoms with Crippen molar-refractivity contribution in [1.29, 1.82) is 0 Å². The van der Waals surface area contributed by atoms with Crippen molar-refractivity contribution in [2.24, 2.45) is 7.05 Å². The zero-order valence-corrected chi connectivity index (χ0v) is 19.4. The van der Waals surface area contributed by atoms with Gasteiger partial charge < -0.3 is 5.32 Å². The normalized spacial score (nSPS) is 12.8. The molecule has 168 valence electrons. The van der Waals surface area contributed by atoms with Crippen molar-refractivity contribution in [3.8, 4) is 0 Å². The maximum atomic E-state index is 13.5. The fourth-order valence-corrected chi connectivity index (χ4v) is 3.88. The van der Waals surface area contributed by atoms with Crippen molar-refractivity contribution in [2.75, 3.05) is 19.4 Å². The molecule has 1 aromatic carbocycles. The molecule has 0 fully saturated rings. The largest absolute Gasteiger partial charge is 0.338 e. The lowest BCUT2D eigenvalue weighted by atomic mass is 10.2. The topological polar surface area (TPSA) is 93.0 Å². The van der Waals surface area contributed by atoms with Crippen molar-refractivity contribution < 1.29 is 12.8 Å². The van der Waals surface area contributed by atoms with Gasteiger partial charge in [0.05, 0.1) is 10.6 Å². The van der Waals surface area contributed by atoms with Crippen LogP contribution in [0.1, 0.15) is 18.4 Å². The summed E-state index contributed by atoms with van der Waals surface area (Å²) in [4.78, 5) is 9.31. The maximum absolute atomic E-state index is 13.5. The van der Waals surface area contributed by atoms with Crippen molar-refractivity contribution in [3.05, 3.63) is 66.4 Å². The third-order valence-corrected chi connectivity index (χ3v) is 6.58. The maximum Gasteiger partial charge on any atom is 0.242 e. The summed E-state index contributed by atoms with van der Waals surface area (Å²) in [7, 11) is 1.22. The molecule has 3 rings (SSSR count). The number of anilines is 2. The number of benzene rings is 1. The summed E-state index contributed by atoms with van der Waals surface area (Å²) >= 11 is 0. The molecule has 0 aliphatic heterocycles. The van der Waals surface area contributed by atoms with Gasteiger partial charge in [0.2, 0.25) is 10.0 Å². The molecule has 0 radical (unpaired) electrons. The van der Waals surface area contributed by atoms with Crippen LogP contribution in [0.25, 0.3) is 16.6 Å². The van der Waals surface area contributed by atoms with E-state index in [-0.39, 0.29) is 4.90 Å².